The third-order valence-corrected chi connectivity index (χ3v) is 2.65. The zero-order valence-electron chi connectivity index (χ0n) is 9.36. The summed E-state index contributed by atoms with van der Waals surface area (Å²) < 4.78 is 0. The number of nitrogens with one attached hydrogen (secondary N) is 2. The number of rotatable bonds is 3. The number of hydrogen-bond donors (Lipinski definition) is 2. The molecule has 86 valence electrons. The molecule has 1 fully saturated rings. The van der Waals surface area contributed by atoms with Crippen LogP contribution in [-0.4, -0.2) is 28.5 Å². The van der Waals surface area contributed by atoms with Gasteiger partial charge in [-0.3, -0.25) is 4.79 Å². The smallest absolute Gasteiger partial charge is 0.237 e. The van der Waals surface area contributed by atoms with E-state index in [4.69, 9.17) is 0 Å². The molecule has 5 nitrogen and oxygen atoms in total. The van der Waals surface area contributed by atoms with E-state index in [2.05, 4.69) is 20.6 Å². The number of carbonyl (C=O) groups excluding carboxylic acids is 1. The molecule has 1 saturated heterocycles. The van der Waals surface area contributed by atoms with Crippen LogP contribution in [0.4, 0.5) is 0 Å². The fraction of sp³-hybridized carbons (Fsp3) is 0.545. The topological polar surface area (TPSA) is 66.9 Å². The van der Waals surface area contributed by atoms with Gasteiger partial charge in [-0.25, -0.2) is 9.97 Å². The van der Waals surface area contributed by atoms with Gasteiger partial charge in [0.05, 0.1) is 11.7 Å². The Morgan fingerprint density at radius 2 is 2.50 bits per heavy atom. The summed E-state index contributed by atoms with van der Waals surface area (Å²) in [7, 11) is 0. The van der Waals surface area contributed by atoms with Crippen LogP contribution in [0.3, 0.4) is 0 Å². The quantitative estimate of drug-likeness (QED) is 0.761. The van der Waals surface area contributed by atoms with Crippen molar-refractivity contribution >= 4 is 5.91 Å². The molecule has 2 heterocycles. The SMILES string of the molecule is Cc1nccc(CNC2CCCNC2=O)n1. The summed E-state index contributed by atoms with van der Waals surface area (Å²) in [5.41, 5.74) is 0.922. The lowest BCUT2D eigenvalue weighted by Gasteiger charge is -2.22. The van der Waals surface area contributed by atoms with Gasteiger partial charge in [-0.15, -0.1) is 0 Å². The lowest BCUT2D eigenvalue weighted by Crippen LogP contribution is -2.48. The van der Waals surface area contributed by atoms with Crippen molar-refractivity contribution in [2.45, 2.75) is 32.4 Å². The predicted molar refractivity (Wildman–Crippen MR) is 59.6 cm³/mol. The highest BCUT2D eigenvalue weighted by molar-refractivity contribution is 5.82. The van der Waals surface area contributed by atoms with Crippen LogP contribution in [0.15, 0.2) is 12.3 Å². The molecule has 16 heavy (non-hydrogen) atoms. The molecule has 1 aromatic rings. The van der Waals surface area contributed by atoms with Crippen molar-refractivity contribution in [3.8, 4) is 0 Å². The molecule has 1 aliphatic heterocycles. The number of carbonyl (C=O) groups is 1. The van der Waals surface area contributed by atoms with Crippen LogP contribution in [0.1, 0.15) is 24.4 Å². The van der Waals surface area contributed by atoms with Gasteiger partial charge in [0, 0.05) is 19.3 Å². The van der Waals surface area contributed by atoms with Gasteiger partial charge in [0.1, 0.15) is 5.82 Å². The van der Waals surface area contributed by atoms with Crippen molar-refractivity contribution in [1.29, 1.82) is 0 Å². The van der Waals surface area contributed by atoms with Gasteiger partial charge < -0.3 is 10.6 Å². The molecule has 5 heteroatoms. The summed E-state index contributed by atoms with van der Waals surface area (Å²) in [6.07, 6.45) is 3.67. The molecule has 0 aromatic carbocycles. The minimum Gasteiger partial charge on any atom is -0.355 e. The van der Waals surface area contributed by atoms with Crippen LogP contribution >= 0.6 is 0 Å². The first kappa shape index (κ1) is 11.0. The number of hydrogen-bond acceptors (Lipinski definition) is 4. The number of aromatic nitrogens is 2. The minimum absolute atomic E-state index is 0.0796. The average molecular weight is 220 g/mol. The first-order valence-electron chi connectivity index (χ1n) is 5.55. The fourth-order valence-electron chi connectivity index (χ4n) is 1.80. The Morgan fingerprint density at radius 3 is 3.25 bits per heavy atom. The average Bonchev–Trinajstić information content (AvgIpc) is 2.28. The number of piperidine rings is 1. The van der Waals surface area contributed by atoms with Crippen molar-refractivity contribution in [3.63, 3.8) is 0 Å². The zero-order chi connectivity index (χ0) is 11.4. The van der Waals surface area contributed by atoms with Gasteiger partial charge in [-0.1, -0.05) is 0 Å². The summed E-state index contributed by atoms with van der Waals surface area (Å²) in [5, 5.41) is 6.06. The van der Waals surface area contributed by atoms with E-state index in [1.54, 1.807) is 6.20 Å². The summed E-state index contributed by atoms with van der Waals surface area (Å²) in [4.78, 5) is 19.8. The van der Waals surface area contributed by atoms with E-state index in [0.29, 0.717) is 6.54 Å². The van der Waals surface area contributed by atoms with Crippen molar-refractivity contribution in [1.82, 2.24) is 20.6 Å². The summed E-state index contributed by atoms with van der Waals surface area (Å²) >= 11 is 0. The molecule has 1 aliphatic rings. The Morgan fingerprint density at radius 1 is 1.62 bits per heavy atom. The predicted octanol–water partition coefficient (Wildman–Crippen LogP) is 0.153. The molecule has 0 radical (unpaired) electrons. The monoisotopic (exact) mass is 220 g/mol. The third kappa shape index (κ3) is 2.76. The molecule has 2 N–H and O–H groups in total. The first-order chi connectivity index (χ1) is 7.75. The molecule has 0 aliphatic carbocycles. The molecular weight excluding hydrogens is 204 g/mol. The van der Waals surface area contributed by atoms with E-state index in [1.807, 2.05) is 13.0 Å². The molecular formula is C11H16N4O. The van der Waals surface area contributed by atoms with E-state index in [9.17, 15) is 4.79 Å². The summed E-state index contributed by atoms with van der Waals surface area (Å²) in [6.45, 7) is 3.27. The molecule has 1 amide bonds. The van der Waals surface area contributed by atoms with Crippen LogP contribution in [0.2, 0.25) is 0 Å². The molecule has 2 rings (SSSR count). The molecule has 0 spiro atoms. The van der Waals surface area contributed by atoms with Gasteiger partial charge in [0.25, 0.3) is 0 Å². The highest BCUT2D eigenvalue weighted by Gasteiger charge is 2.20. The van der Waals surface area contributed by atoms with Crippen LogP contribution in [0.5, 0.6) is 0 Å². The Kier molecular flexibility index (Phi) is 3.46. The number of nitrogens with zero attached hydrogens (tertiary/aromatic N) is 2. The molecule has 0 saturated carbocycles. The van der Waals surface area contributed by atoms with Crippen LogP contribution in [0.25, 0.3) is 0 Å². The first-order valence-corrected chi connectivity index (χ1v) is 5.55. The van der Waals surface area contributed by atoms with Gasteiger partial charge in [-0.2, -0.15) is 0 Å². The maximum absolute atomic E-state index is 11.5. The van der Waals surface area contributed by atoms with Gasteiger partial charge in [0.15, 0.2) is 0 Å². The Labute approximate surface area is 94.7 Å². The Balaban J connectivity index is 1.89. The van der Waals surface area contributed by atoms with Crippen LogP contribution in [-0.2, 0) is 11.3 Å². The number of amides is 1. The lowest BCUT2D eigenvalue weighted by molar-refractivity contribution is -0.124. The van der Waals surface area contributed by atoms with E-state index < -0.39 is 0 Å². The van der Waals surface area contributed by atoms with Gasteiger partial charge >= 0.3 is 0 Å². The maximum atomic E-state index is 11.5. The number of aryl methyl sites for hydroxylation is 1. The van der Waals surface area contributed by atoms with Gasteiger partial charge in [0.2, 0.25) is 5.91 Å². The van der Waals surface area contributed by atoms with Crippen molar-refractivity contribution in [2.24, 2.45) is 0 Å². The molecule has 1 atom stereocenters. The normalized spacial score (nSPS) is 20.6. The van der Waals surface area contributed by atoms with E-state index >= 15 is 0 Å². The van der Waals surface area contributed by atoms with Crippen LogP contribution < -0.4 is 10.6 Å². The van der Waals surface area contributed by atoms with E-state index in [0.717, 1.165) is 30.9 Å². The van der Waals surface area contributed by atoms with E-state index in [1.165, 1.54) is 0 Å². The van der Waals surface area contributed by atoms with Crippen molar-refractivity contribution in [3.05, 3.63) is 23.8 Å². The summed E-state index contributed by atoms with van der Waals surface area (Å²) in [5.74, 6) is 0.851. The fourth-order valence-corrected chi connectivity index (χ4v) is 1.80. The second-order valence-corrected chi connectivity index (χ2v) is 3.96. The zero-order valence-corrected chi connectivity index (χ0v) is 9.36. The largest absolute Gasteiger partial charge is 0.355 e. The lowest BCUT2D eigenvalue weighted by atomic mass is 10.1. The molecule has 1 aromatic heterocycles. The van der Waals surface area contributed by atoms with E-state index in [-0.39, 0.29) is 11.9 Å². The maximum Gasteiger partial charge on any atom is 0.237 e. The molecule has 1 unspecified atom stereocenters. The summed E-state index contributed by atoms with van der Waals surface area (Å²) in [6, 6.07) is 1.78. The third-order valence-electron chi connectivity index (χ3n) is 2.65. The van der Waals surface area contributed by atoms with Crippen LogP contribution in [0, 0.1) is 6.92 Å². The van der Waals surface area contributed by atoms with Gasteiger partial charge in [-0.05, 0) is 25.8 Å². The molecule has 0 bridgehead atoms. The second-order valence-electron chi connectivity index (χ2n) is 3.96. The Hall–Kier alpha value is -1.49. The highest BCUT2D eigenvalue weighted by Crippen LogP contribution is 2.04. The Bertz CT molecular complexity index is 380. The second kappa shape index (κ2) is 5.03. The standard InChI is InChI=1S/C11H16N4O/c1-8-12-6-4-9(15-8)7-14-10-3-2-5-13-11(10)16/h4,6,10,14H,2-3,5,7H2,1H3,(H,13,16). The van der Waals surface area contributed by atoms with Crippen molar-refractivity contribution in [2.75, 3.05) is 6.54 Å². The highest BCUT2D eigenvalue weighted by atomic mass is 16.2. The minimum atomic E-state index is -0.0796. The van der Waals surface area contributed by atoms with Crippen molar-refractivity contribution < 1.29 is 4.79 Å².